The number of carbonyl (C=O) groups excluding carboxylic acids is 3. The van der Waals surface area contributed by atoms with Gasteiger partial charge in [-0.3, -0.25) is 9.69 Å². The highest BCUT2D eigenvalue weighted by Gasteiger charge is 2.27. The topological polar surface area (TPSA) is 75.7 Å². The van der Waals surface area contributed by atoms with Crippen molar-refractivity contribution in [3.8, 4) is 0 Å². The van der Waals surface area contributed by atoms with Gasteiger partial charge in [0.05, 0.1) is 5.02 Å². The lowest BCUT2D eigenvalue weighted by Crippen LogP contribution is -2.37. The number of ether oxygens (including phenoxy) is 1. The highest BCUT2D eigenvalue weighted by atomic mass is 35.5. The van der Waals surface area contributed by atoms with Crippen LogP contribution >= 0.6 is 22.9 Å². The quantitative estimate of drug-likeness (QED) is 0.857. The fourth-order valence-electron chi connectivity index (χ4n) is 2.15. The van der Waals surface area contributed by atoms with Crippen molar-refractivity contribution in [2.24, 2.45) is 0 Å². The van der Waals surface area contributed by atoms with E-state index in [0.29, 0.717) is 16.6 Å². The Kier molecular flexibility index (Phi) is 4.18. The smallest absolute Gasteiger partial charge is 0.350 e. The van der Waals surface area contributed by atoms with E-state index in [0.717, 1.165) is 16.2 Å². The number of rotatable bonds is 3. The fraction of sp³-hybridized carbons (Fsp3) is 0.214. The molecular weight excluding hydrogens is 347 g/mol. The van der Waals surface area contributed by atoms with Gasteiger partial charge in [-0.05, 0) is 18.2 Å². The average molecular weight is 357 g/mol. The highest BCUT2D eigenvalue weighted by molar-refractivity contribution is 7.21. The molecule has 9 heteroatoms. The van der Waals surface area contributed by atoms with Gasteiger partial charge in [0, 0.05) is 23.2 Å². The van der Waals surface area contributed by atoms with E-state index in [-0.39, 0.29) is 16.4 Å². The van der Waals surface area contributed by atoms with Crippen LogP contribution in [-0.2, 0) is 9.53 Å². The van der Waals surface area contributed by atoms with Crippen molar-refractivity contribution >= 4 is 50.9 Å². The molecular formula is C14H10ClFN2O4S. The molecule has 0 radical (unpaired) electrons. The number of urea groups is 1. The van der Waals surface area contributed by atoms with Gasteiger partial charge in [0.1, 0.15) is 10.7 Å². The first-order chi connectivity index (χ1) is 11.0. The van der Waals surface area contributed by atoms with Crippen molar-refractivity contribution < 1.29 is 23.5 Å². The zero-order valence-corrected chi connectivity index (χ0v) is 13.2. The molecule has 1 aromatic heterocycles. The molecule has 1 N–H and O–H groups in total. The minimum absolute atomic E-state index is 0.0888. The molecule has 3 rings (SSSR count). The number of hydrogen-bond donors (Lipinski definition) is 1. The third-order valence-electron chi connectivity index (χ3n) is 3.26. The lowest BCUT2D eigenvalue weighted by molar-refractivity contribution is -0.130. The van der Waals surface area contributed by atoms with E-state index in [2.05, 4.69) is 5.32 Å². The molecule has 0 saturated carbocycles. The molecule has 1 aliphatic heterocycles. The maximum atomic E-state index is 13.2. The molecule has 2 heterocycles. The van der Waals surface area contributed by atoms with Gasteiger partial charge in [-0.2, -0.15) is 0 Å². The van der Waals surface area contributed by atoms with Crippen LogP contribution in [0.3, 0.4) is 0 Å². The first kappa shape index (κ1) is 15.7. The Morgan fingerprint density at radius 1 is 1.43 bits per heavy atom. The summed E-state index contributed by atoms with van der Waals surface area (Å²) >= 11 is 7.08. The SMILES string of the molecule is O=C(OCC(=O)N1CCNC1=O)c1sc2cc(F)ccc2c1Cl. The summed E-state index contributed by atoms with van der Waals surface area (Å²) in [5.41, 5.74) is 0. The Morgan fingerprint density at radius 2 is 2.22 bits per heavy atom. The van der Waals surface area contributed by atoms with E-state index in [4.69, 9.17) is 16.3 Å². The van der Waals surface area contributed by atoms with E-state index in [1.54, 1.807) is 0 Å². The Morgan fingerprint density at radius 3 is 2.91 bits per heavy atom. The maximum Gasteiger partial charge on any atom is 0.350 e. The second-order valence-corrected chi connectivity index (χ2v) is 6.17. The van der Waals surface area contributed by atoms with Crippen molar-refractivity contribution in [1.29, 1.82) is 0 Å². The summed E-state index contributed by atoms with van der Waals surface area (Å²) < 4.78 is 18.6. The molecule has 23 heavy (non-hydrogen) atoms. The number of nitrogens with zero attached hydrogens (tertiary/aromatic N) is 1. The van der Waals surface area contributed by atoms with Gasteiger partial charge in [-0.1, -0.05) is 11.6 Å². The summed E-state index contributed by atoms with van der Waals surface area (Å²) in [5, 5.41) is 3.16. The third-order valence-corrected chi connectivity index (χ3v) is 4.90. The Balaban J connectivity index is 1.72. The van der Waals surface area contributed by atoms with Crippen LogP contribution in [0.25, 0.3) is 10.1 Å². The summed E-state index contributed by atoms with van der Waals surface area (Å²) in [7, 11) is 0. The number of halogens is 2. The summed E-state index contributed by atoms with van der Waals surface area (Å²) in [6, 6.07) is 3.47. The number of esters is 1. The van der Waals surface area contributed by atoms with Crippen LogP contribution in [0.2, 0.25) is 5.02 Å². The largest absolute Gasteiger partial charge is 0.451 e. The minimum Gasteiger partial charge on any atom is -0.451 e. The normalized spacial score (nSPS) is 14.2. The number of hydrogen-bond acceptors (Lipinski definition) is 5. The summed E-state index contributed by atoms with van der Waals surface area (Å²) in [4.78, 5) is 36.3. The Bertz CT molecular complexity index is 822. The monoisotopic (exact) mass is 356 g/mol. The number of amides is 3. The number of thiophene rings is 1. The van der Waals surface area contributed by atoms with Crippen LogP contribution in [0.15, 0.2) is 18.2 Å². The van der Waals surface area contributed by atoms with Gasteiger partial charge in [0.25, 0.3) is 5.91 Å². The molecule has 0 aliphatic carbocycles. The van der Waals surface area contributed by atoms with Gasteiger partial charge in [0.15, 0.2) is 6.61 Å². The Hall–Kier alpha value is -2.19. The first-order valence-electron chi connectivity index (χ1n) is 6.60. The molecule has 1 fully saturated rings. The van der Waals surface area contributed by atoms with Crippen LogP contribution in [0.1, 0.15) is 9.67 Å². The van der Waals surface area contributed by atoms with E-state index in [1.807, 2.05) is 0 Å². The van der Waals surface area contributed by atoms with Crippen molar-refractivity contribution in [2.45, 2.75) is 0 Å². The van der Waals surface area contributed by atoms with Gasteiger partial charge in [0.2, 0.25) is 0 Å². The zero-order chi connectivity index (χ0) is 16.6. The van der Waals surface area contributed by atoms with Crippen LogP contribution < -0.4 is 5.32 Å². The van der Waals surface area contributed by atoms with Crippen LogP contribution in [0.4, 0.5) is 9.18 Å². The molecule has 0 bridgehead atoms. The van der Waals surface area contributed by atoms with Crippen molar-refractivity contribution in [3.05, 3.63) is 33.9 Å². The predicted octanol–water partition coefficient (Wildman–Crippen LogP) is 2.40. The molecule has 0 unspecified atom stereocenters. The van der Waals surface area contributed by atoms with Crippen LogP contribution in [-0.4, -0.2) is 42.5 Å². The number of benzene rings is 1. The second kappa shape index (κ2) is 6.13. The molecule has 2 aromatic rings. The summed E-state index contributed by atoms with van der Waals surface area (Å²) in [6.07, 6.45) is 0. The predicted molar refractivity (Wildman–Crippen MR) is 82.2 cm³/mol. The summed E-state index contributed by atoms with van der Waals surface area (Å²) in [6.45, 7) is 0.0373. The standard InChI is InChI=1S/C14H10ClFN2O4S/c15-11-8-2-1-7(16)5-9(8)23-12(11)13(20)22-6-10(19)18-4-3-17-14(18)21/h1-2,5H,3-4,6H2,(H,17,21). The molecule has 1 aromatic carbocycles. The van der Waals surface area contributed by atoms with Crippen molar-refractivity contribution in [2.75, 3.05) is 19.7 Å². The molecule has 120 valence electrons. The molecule has 1 saturated heterocycles. The van der Waals surface area contributed by atoms with Crippen molar-refractivity contribution in [1.82, 2.24) is 10.2 Å². The van der Waals surface area contributed by atoms with Crippen molar-refractivity contribution in [3.63, 3.8) is 0 Å². The lowest BCUT2D eigenvalue weighted by atomic mass is 10.2. The third kappa shape index (κ3) is 2.99. The maximum absolute atomic E-state index is 13.2. The Labute approximate surface area is 138 Å². The number of fused-ring (bicyclic) bond motifs is 1. The van der Waals surface area contributed by atoms with Gasteiger partial charge >= 0.3 is 12.0 Å². The number of carbonyl (C=O) groups is 3. The number of imide groups is 1. The molecule has 0 atom stereocenters. The highest BCUT2D eigenvalue weighted by Crippen LogP contribution is 2.36. The zero-order valence-electron chi connectivity index (χ0n) is 11.6. The molecule has 0 spiro atoms. The van der Waals surface area contributed by atoms with Crippen LogP contribution in [0.5, 0.6) is 0 Å². The average Bonchev–Trinajstić information content (AvgIpc) is 3.08. The fourth-order valence-corrected chi connectivity index (χ4v) is 3.58. The van der Waals surface area contributed by atoms with E-state index >= 15 is 0 Å². The molecule has 1 aliphatic rings. The van der Waals surface area contributed by atoms with E-state index in [9.17, 15) is 18.8 Å². The van der Waals surface area contributed by atoms with Crippen LogP contribution in [0, 0.1) is 5.82 Å². The minimum atomic E-state index is -0.787. The second-order valence-electron chi connectivity index (χ2n) is 4.74. The summed E-state index contributed by atoms with van der Waals surface area (Å²) in [5.74, 6) is -1.84. The van der Waals surface area contributed by atoms with Gasteiger partial charge < -0.3 is 10.1 Å². The number of nitrogens with one attached hydrogen (secondary N) is 1. The lowest BCUT2D eigenvalue weighted by Gasteiger charge is -2.11. The van der Waals surface area contributed by atoms with E-state index in [1.165, 1.54) is 18.2 Å². The van der Waals surface area contributed by atoms with Gasteiger partial charge in [-0.15, -0.1) is 11.3 Å². The first-order valence-corrected chi connectivity index (χ1v) is 7.79. The van der Waals surface area contributed by atoms with E-state index < -0.39 is 30.3 Å². The molecule has 3 amide bonds. The van der Waals surface area contributed by atoms with Gasteiger partial charge in [-0.25, -0.2) is 14.0 Å². The molecule has 6 nitrogen and oxygen atoms in total.